The molecule has 1 saturated carbocycles. The molecule has 7 rings (SSSR count). The summed E-state index contributed by atoms with van der Waals surface area (Å²) in [5, 5.41) is 12.8. The SMILES string of the molecule is Cl.O=C(Nc1nc2ccc(Sc3cnc4ccc(-c5cnn(C6CCNCC6)c5)cn34)cc2s1)C1CC1. The standard InChI is InChI=1S/C26H25N7OS2.ClH/c34-25(16-1-2-16)31-26-30-21-5-4-20(11-22(21)36-26)35-24-13-28-23-6-3-17(14-32(23)24)18-12-29-33(15-18)19-7-9-27-10-8-19;/h3-6,11-16,19,27H,1-2,7-10H2,(H,30,31,34);1H. The lowest BCUT2D eigenvalue weighted by Crippen LogP contribution is -2.29. The second-order valence-electron chi connectivity index (χ2n) is 9.45. The Morgan fingerprint density at radius 1 is 1.05 bits per heavy atom. The first kappa shape index (κ1) is 24.4. The summed E-state index contributed by atoms with van der Waals surface area (Å²) in [4.78, 5) is 22.4. The monoisotopic (exact) mass is 551 g/mol. The molecule has 5 heterocycles. The lowest BCUT2D eigenvalue weighted by atomic mass is 10.1. The van der Waals surface area contributed by atoms with Crippen LogP contribution in [-0.2, 0) is 4.79 Å². The zero-order chi connectivity index (χ0) is 24.1. The number of halogens is 1. The largest absolute Gasteiger partial charge is 0.317 e. The number of benzene rings is 1. The highest BCUT2D eigenvalue weighted by atomic mass is 35.5. The molecule has 4 aromatic heterocycles. The fourth-order valence-corrected chi connectivity index (χ4v) is 6.55. The highest BCUT2D eigenvalue weighted by Gasteiger charge is 2.30. The zero-order valence-electron chi connectivity index (χ0n) is 20.0. The number of nitrogens with one attached hydrogen (secondary N) is 2. The van der Waals surface area contributed by atoms with Crippen LogP contribution in [-0.4, -0.2) is 43.1 Å². The maximum Gasteiger partial charge on any atom is 0.229 e. The maximum atomic E-state index is 12.1. The molecule has 1 aliphatic heterocycles. The first-order valence-corrected chi connectivity index (χ1v) is 13.9. The van der Waals surface area contributed by atoms with Gasteiger partial charge >= 0.3 is 0 Å². The van der Waals surface area contributed by atoms with Crippen LogP contribution in [0, 0.1) is 5.92 Å². The van der Waals surface area contributed by atoms with Gasteiger partial charge in [0.2, 0.25) is 5.91 Å². The van der Waals surface area contributed by atoms with Gasteiger partial charge in [0.05, 0.1) is 28.7 Å². The molecule has 0 radical (unpaired) electrons. The van der Waals surface area contributed by atoms with E-state index >= 15 is 0 Å². The molecular formula is C26H26ClN7OS2. The summed E-state index contributed by atoms with van der Waals surface area (Å²) in [7, 11) is 0. The molecule has 5 aromatic rings. The van der Waals surface area contributed by atoms with Gasteiger partial charge in [-0.05, 0) is 69.1 Å². The van der Waals surface area contributed by atoms with Crippen molar-refractivity contribution in [2.45, 2.75) is 41.6 Å². The average Bonchev–Trinajstić information content (AvgIpc) is 3.31. The molecule has 11 heteroatoms. The van der Waals surface area contributed by atoms with Gasteiger partial charge in [0.25, 0.3) is 0 Å². The van der Waals surface area contributed by atoms with Gasteiger partial charge in [0, 0.05) is 34.3 Å². The van der Waals surface area contributed by atoms with E-state index < -0.39 is 0 Å². The fraction of sp³-hybridized carbons (Fsp3) is 0.308. The summed E-state index contributed by atoms with van der Waals surface area (Å²) < 4.78 is 5.32. The number of hydrogen-bond donors (Lipinski definition) is 2. The van der Waals surface area contributed by atoms with E-state index in [1.54, 1.807) is 11.8 Å². The van der Waals surface area contributed by atoms with E-state index in [0.717, 1.165) is 75.7 Å². The highest BCUT2D eigenvalue weighted by Crippen LogP contribution is 2.36. The molecule has 0 bridgehead atoms. The molecule has 1 amide bonds. The van der Waals surface area contributed by atoms with Gasteiger partial charge in [-0.3, -0.25) is 13.9 Å². The van der Waals surface area contributed by atoms with E-state index in [-0.39, 0.29) is 24.2 Å². The summed E-state index contributed by atoms with van der Waals surface area (Å²) in [5.41, 5.74) is 4.06. The minimum absolute atomic E-state index is 0. The molecule has 0 unspecified atom stereocenters. The molecule has 2 fully saturated rings. The van der Waals surface area contributed by atoms with E-state index in [9.17, 15) is 4.79 Å². The smallest absolute Gasteiger partial charge is 0.229 e. The highest BCUT2D eigenvalue weighted by molar-refractivity contribution is 7.99. The number of carbonyl (C=O) groups excluding carboxylic acids is 1. The Labute approximate surface area is 228 Å². The van der Waals surface area contributed by atoms with Gasteiger partial charge in [-0.25, -0.2) is 9.97 Å². The molecular weight excluding hydrogens is 526 g/mol. The van der Waals surface area contributed by atoms with Crippen molar-refractivity contribution in [3.05, 3.63) is 55.1 Å². The average molecular weight is 552 g/mol. The number of imidazole rings is 1. The maximum absolute atomic E-state index is 12.1. The number of anilines is 1. The summed E-state index contributed by atoms with van der Waals surface area (Å²) in [5.74, 6) is 0.258. The predicted octanol–water partition coefficient (Wildman–Crippen LogP) is 5.65. The van der Waals surface area contributed by atoms with Gasteiger partial charge in [0.1, 0.15) is 10.7 Å². The third-order valence-corrected chi connectivity index (χ3v) is 8.78. The third kappa shape index (κ3) is 4.98. The van der Waals surface area contributed by atoms with Crippen molar-refractivity contribution >= 4 is 62.4 Å². The van der Waals surface area contributed by atoms with Crippen molar-refractivity contribution in [2.24, 2.45) is 5.92 Å². The molecule has 0 atom stereocenters. The number of hydrogen-bond acceptors (Lipinski definition) is 7. The van der Waals surface area contributed by atoms with Gasteiger partial charge < -0.3 is 10.6 Å². The van der Waals surface area contributed by atoms with Crippen LogP contribution in [0.4, 0.5) is 5.13 Å². The number of pyridine rings is 1. The summed E-state index contributed by atoms with van der Waals surface area (Å²) >= 11 is 3.20. The number of carbonyl (C=O) groups is 1. The number of fused-ring (bicyclic) bond motifs is 2. The number of amides is 1. The second-order valence-corrected chi connectivity index (χ2v) is 11.6. The quantitative estimate of drug-likeness (QED) is 0.283. The van der Waals surface area contributed by atoms with Gasteiger partial charge in [-0.15, -0.1) is 12.4 Å². The van der Waals surface area contributed by atoms with E-state index in [4.69, 9.17) is 0 Å². The molecule has 190 valence electrons. The first-order valence-electron chi connectivity index (χ1n) is 12.3. The van der Waals surface area contributed by atoms with Crippen LogP contribution in [0.1, 0.15) is 31.7 Å². The molecule has 0 spiro atoms. The number of rotatable bonds is 6. The molecule has 2 N–H and O–H groups in total. The van der Waals surface area contributed by atoms with Crippen LogP contribution in [0.2, 0.25) is 0 Å². The van der Waals surface area contributed by atoms with Crippen LogP contribution < -0.4 is 10.6 Å². The minimum atomic E-state index is 0. The molecule has 1 aliphatic carbocycles. The van der Waals surface area contributed by atoms with Gasteiger partial charge in [-0.1, -0.05) is 23.1 Å². The Kier molecular flexibility index (Phi) is 6.66. The van der Waals surface area contributed by atoms with E-state index in [0.29, 0.717) is 11.2 Å². The van der Waals surface area contributed by atoms with Gasteiger partial charge in [0.15, 0.2) is 5.13 Å². The third-order valence-electron chi connectivity index (χ3n) is 6.85. The van der Waals surface area contributed by atoms with Crippen molar-refractivity contribution in [3.8, 4) is 11.1 Å². The second kappa shape index (κ2) is 10.1. The van der Waals surface area contributed by atoms with Crippen molar-refractivity contribution in [3.63, 3.8) is 0 Å². The molecule has 2 aliphatic rings. The van der Waals surface area contributed by atoms with Crippen LogP contribution in [0.15, 0.2) is 65.0 Å². The lowest BCUT2D eigenvalue weighted by molar-refractivity contribution is -0.117. The van der Waals surface area contributed by atoms with E-state index in [1.807, 2.05) is 18.5 Å². The number of piperidine rings is 1. The first-order chi connectivity index (χ1) is 17.7. The van der Waals surface area contributed by atoms with Crippen molar-refractivity contribution in [2.75, 3.05) is 18.4 Å². The van der Waals surface area contributed by atoms with Crippen LogP contribution in [0.5, 0.6) is 0 Å². The van der Waals surface area contributed by atoms with Crippen molar-refractivity contribution < 1.29 is 4.79 Å². The lowest BCUT2D eigenvalue weighted by Gasteiger charge is -2.22. The van der Waals surface area contributed by atoms with Gasteiger partial charge in [-0.2, -0.15) is 5.10 Å². The van der Waals surface area contributed by atoms with Crippen molar-refractivity contribution in [1.29, 1.82) is 0 Å². The van der Waals surface area contributed by atoms with E-state index in [1.165, 1.54) is 11.3 Å². The van der Waals surface area contributed by atoms with Crippen molar-refractivity contribution in [1.82, 2.24) is 29.5 Å². The molecule has 37 heavy (non-hydrogen) atoms. The molecule has 1 aromatic carbocycles. The van der Waals surface area contributed by atoms with Crippen LogP contribution >= 0.6 is 35.5 Å². The normalized spacial score (nSPS) is 16.2. The fourth-order valence-electron chi connectivity index (χ4n) is 4.66. The topological polar surface area (TPSA) is 89.1 Å². The Bertz CT molecular complexity index is 1580. The summed E-state index contributed by atoms with van der Waals surface area (Å²) in [6.07, 6.45) is 12.4. The Morgan fingerprint density at radius 2 is 1.92 bits per heavy atom. The molecule has 1 saturated heterocycles. The Morgan fingerprint density at radius 3 is 2.76 bits per heavy atom. The number of thiazole rings is 1. The zero-order valence-corrected chi connectivity index (χ0v) is 22.4. The summed E-state index contributed by atoms with van der Waals surface area (Å²) in [6.45, 7) is 2.09. The number of aromatic nitrogens is 5. The van der Waals surface area contributed by atoms with Crippen LogP contribution in [0.25, 0.3) is 27.0 Å². The van der Waals surface area contributed by atoms with E-state index in [2.05, 4.69) is 71.4 Å². The summed E-state index contributed by atoms with van der Waals surface area (Å²) in [6, 6.07) is 10.9. The number of nitrogens with zero attached hydrogens (tertiary/aromatic N) is 5. The Hall–Kier alpha value is -2.92. The predicted molar refractivity (Wildman–Crippen MR) is 150 cm³/mol. The minimum Gasteiger partial charge on any atom is -0.317 e. The van der Waals surface area contributed by atoms with Crippen LogP contribution in [0.3, 0.4) is 0 Å². The molecule has 8 nitrogen and oxygen atoms in total. The Balaban J connectivity index is 0.00000252.